The standard InChI is InChI=1S/C5H4N4S.Bi/c10-5-3-4(7-1-6-3)8-2-9-5;/h1-2H,(H2,6,7,8,9,10);. The predicted octanol–water partition coefficient (Wildman–Crippen LogP) is 0.635. The molecular weight excluding hydrogens is 357 g/mol. The first-order valence-electron chi connectivity index (χ1n) is 2.75. The Labute approximate surface area is 86.6 Å². The Hall–Kier alpha value is -0.347. The maximum Gasteiger partial charge on any atom is 0.159 e. The van der Waals surface area contributed by atoms with E-state index in [1.54, 1.807) is 6.33 Å². The quantitative estimate of drug-likeness (QED) is 0.535. The molecule has 0 spiro atoms. The fourth-order valence-electron chi connectivity index (χ4n) is 0.783. The van der Waals surface area contributed by atoms with E-state index < -0.39 is 0 Å². The maximum atomic E-state index is 4.91. The summed E-state index contributed by atoms with van der Waals surface area (Å²) in [4.78, 5) is 13.6. The average molecular weight is 361 g/mol. The Balaban J connectivity index is 0.000000605. The molecule has 2 aromatic heterocycles. The zero-order valence-electron chi connectivity index (χ0n) is 5.40. The van der Waals surface area contributed by atoms with E-state index in [2.05, 4.69) is 19.9 Å². The molecule has 2 heterocycles. The van der Waals surface area contributed by atoms with Gasteiger partial charge in [-0.2, -0.15) is 0 Å². The third kappa shape index (κ3) is 1.46. The van der Waals surface area contributed by atoms with Crippen LogP contribution in [0, 0.1) is 4.64 Å². The molecule has 0 fully saturated rings. The Morgan fingerprint density at radius 1 is 1.18 bits per heavy atom. The zero-order valence-corrected chi connectivity index (χ0v) is 9.70. The summed E-state index contributed by atoms with van der Waals surface area (Å²) in [6.45, 7) is 0. The second kappa shape index (κ2) is 3.37. The number of nitrogens with one attached hydrogen (secondary N) is 2. The summed E-state index contributed by atoms with van der Waals surface area (Å²) in [5.74, 6) is 0. The van der Waals surface area contributed by atoms with Crippen molar-refractivity contribution in [3.8, 4) is 0 Å². The summed E-state index contributed by atoms with van der Waals surface area (Å²) in [5.41, 5.74) is 1.54. The normalized spacial score (nSPS) is 9.45. The molecule has 0 bridgehead atoms. The van der Waals surface area contributed by atoms with E-state index in [0.29, 0.717) is 4.64 Å². The van der Waals surface area contributed by atoms with Crippen LogP contribution in [0.5, 0.6) is 0 Å². The summed E-state index contributed by atoms with van der Waals surface area (Å²) in [7, 11) is 0. The fourth-order valence-corrected chi connectivity index (χ4v) is 0.992. The van der Waals surface area contributed by atoms with Gasteiger partial charge in [-0.3, -0.25) is 0 Å². The summed E-state index contributed by atoms with van der Waals surface area (Å²) < 4.78 is 0.547. The third-order valence-electron chi connectivity index (χ3n) is 1.24. The molecule has 0 aliphatic carbocycles. The number of hydrogen-bond acceptors (Lipinski definition) is 3. The van der Waals surface area contributed by atoms with Crippen molar-refractivity contribution < 1.29 is 0 Å². The molecular formula is C5H4BiN4S. The first-order valence-corrected chi connectivity index (χ1v) is 3.15. The van der Waals surface area contributed by atoms with Crippen molar-refractivity contribution in [3.63, 3.8) is 0 Å². The van der Waals surface area contributed by atoms with Gasteiger partial charge in [0, 0.05) is 26.2 Å². The molecule has 0 aliphatic heterocycles. The molecule has 0 saturated carbocycles. The van der Waals surface area contributed by atoms with E-state index in [-0.39, 0.29) is 26.2 Å². The van der Waals surface area contributed by atoms with Gasteiger partial charge in [-0.25, -0.2) is 9.97 Å². The molecule has 2 aromatic rings. The summed E-state index contributed by atoms with van der Waals surface area (Å²) in [6.07, 6.45) is 3.12. The van der Waals surface area contributed by atoms with Crippen LogP contribution in [0.2, 0.25) is 0 Å². The number of fused-ring (bicyclic) bond motifs is 1. The van der Waals surface area contributed by atoms with Gasteiger partial charge in [-0.05, 0) is 0 Å². The molecule has 0 saturated heterocycles. The number of H-pyrrole nitrogens is 2. The topological polar surface area (TPSA) is 57.4 Å². The summed E-state index contributed by atoms with van der Waals surface area (Å²) >= 11 is 4.91. The Bertz CT molecular complexity index is 406. The van der Waals surface area contributed by atoms with Crippen LogP contribution < -0.4 is 0 Å². The number of hydrogen-bond donors (Lipinski definition) is 2. The van der Waals surface area contributed by atoms with Crippen LogP contribution in [0.25, 0.3) is 11.2 Å². The zero-order chi connectivity index (χ0) is 6.97. The molecule has 6 heteroatoms. The van der Waals surface area contributed by atoms with E-state index >= 15 is 0 Å². The molecule has 0 atom stereocenters. The third-order valence-corrected chi connectivity index (χ3v) is 1.55. The summed E-state index contributed by atoms with van der Waals surface area (Å²) in [5, 5.41) is 0. The van der Waals surface area contributed by atoms with Gasteiger partial charge in [-0.1, -0.05) is 12.2 Å². The van der Waals surface area contributed by atoms with Crippen molar-refractivity contribution in [1.29, 1.82) is 0 Å². The number of aromatic amines is 2. The van der Waals surface area contributed by atoms with Gasteiger partial charge in [0.1, 0.15) is 5.52 Å². The smallest absolute Gasteiger partial charge is 0.159 e. The van der Waals surface area contributed by atoms with Gasteiger partial charge in [-0.15, -0.1) is 0 Å². The van der Waals surface area contributed by atoms with Crippen LogP contribution in [-0.4, -0.2) is 46.1 Å². The van der Waals surface area contributed by atoms with Crippen LogP contribution >= 0.6 is 12.2 Å². The van der Waals surface area contributed by atoms with Crippen molar-refractivity contribution in [2.24, 2.45) is 0 Å². The SMILES string of the molecule is S=c1nc[nH]c2nc[nH]c12.[Bi]. The van der Waals surface area contributed by atoms with Crippen molar-refractivity contribution >= 4 is 49.6 Å². The van der Waals surface area contributed by atoms with Crippen LogP contribution in [0.15, 0.2) is 12.7 Å². The maximum absolute atomic E-state index is 4.91. The molecule has 55 valence electrons. The van der Waals surface area contributed by atoms with E-state index in [4.69, 9.17) is 12.2 Å². The first-order chi connectivity index (χ1) is 4.88. The predicted molar refractivity (Wildman–Crippen MR) is 44.8 cm³/mol. The Morgan fingerprint density at radius 2 is 1.91 bits per heavy atom. The number of nitrogens with zero attached hydrogens (tertiary/aromatic N) is 2. The molecule has 2 rings (SSSR count). The largest absolute Gasteiger partial charge is 0.341 e. The monoisotopic (exact) mass is 361 g/mol. The number of aromatic nitrogens is 4. The Kier molecular flexibility index (Phi) is 2.68. The fraction of sp³-hybridized carbons (Fsp3) is 0. The van der Waals surface area contributed by atoms with Gasteiger partial charge >= 0.3 is 0 Å². The molecule has 0 aromatic carbocycles. The number of rotatable bonds is 0. The average Bonchev–Trinajstić information content (AvgIpc) is 2.36. The van der Waals surface area contributed by atoms with Crippen molar-refractivity contribution in [2.45, 2.75) is 0 Å². The molecule has 4 nitrogen and oxygen atoms in total. The van der Waals surface area contributed by atoms with Crippen LogP contribution in [-0.2, 0) is 0 Å². The molecule has 3 radical (unpaired) electrons. The van der Waals surface area contributed by atoms with Gasteiger partial charge < -0.3 is 9.97 Å². The second-order valence-corrected chi connectivity index (χ2v) is 2.22. The van der Waals surface area contributed by atoms with Crippen molar-refractivity contribution in [1.82, 2.24) is 19.9 Å². The van der Waals surface area contributed by atoms with Crippen molar-refractivity contribution in [2.75, 3.05) is 0 Å². The second-order valence-electron chi connectivity index (χ2n) is 1.83. The molecule has 0 amide bonds. The van der Waals surface area contributed by atoms with Crippen molar-refractivity contribution in [3.05, 3.63) is 17.3 Å². The van der Waals surface area contributed by atoms with Gasteiger partial charge in [0.05, 0.1) is 12.7 Å². The molecule has 11 heavy (non-hydrogen) atoms. The van der Waals surface area contributed by atoms with Crippen LogP contribution in [0.4, 0.5) is 0 Å². The molecule has 2 N–H and O–H groups in total. The molecule has 0 unspecified atom stereocenters. The minimum absolute atomic E-state index is 0. The van der Waals surface area contributed by atoms with E-state index in [1.807, 2.05) is 0 Å². The van der Waals surface area contributed by atoms with Gasteiger partial charge in [0.2, 0.25) is 0 Å². The minimum Gasteiger partial charge on any atom is -0.341 e. The Morgan fingerprint density at radius 3 is 2.64 bits per heavy atom. The van der Waals surface area contributed by atoms with E-state index in [0.717, 1.165) is 11.2 Å². The molecule has 0 aliphatic rings. The first kappa shape index (κ1) is 8.75. The van der Waals surface area contributed by atoms with Gasteiger partial charge in [0.15, 0.2) is 10.3 Å². The van der Waals surface area contributed by atoms with Crippen LogP contribution in [0.3, 0.4) is 0 Å². The van der Waals surface area contributed by atoms with Gasteiger partial charge in [0.25, 0.3) is 0 Å². The number of imidazole rings is 1. The minimum atomic E-state index is 0. The summed E-state index contributed by atoms with van der Waals surface area (Å²) in [6, 6.07) is 0. The van der Waals surface area contributed by atoms with E-state index in [9.17, 15) is 0 Å². The van der Waals surface area contributed by atoms with E-state index in [1.165, 1.54) is 6.33 Å². The van der Waals surface area contributed by atoms with Crippen LogP contribution in [0.1, 0.15) is 0 Å².